The number of oxime groups is 1. The number of rotatable bonds is 5. The minimum Gasteiger partial charge on any atom is -0.409 e. The molecule has 0 aliphatic rings. The molecule has 1 aromatic rings. The average molecular weight is 223 g/mol. The van der Waals surface area contributed by atoms with Crippen LogP contribution in [0.2, 0.25) is 0 Å². The average Bonchev–Trinajstić information content (AvgIpc) is 2.30. The molecule has 0 aromatic carbocycles. The largest absolute Gasteiger partial charge is 0.409 e. The van der Waals surface area contributed by atoms with Gasteiger partial charge in [-0.2, -0.15) is 5.10 Å². The van der Waals surface area contributed by atoms with Gasteiger partial charge in [0, 0.05) is 25.2 Å². The number of nitrogens with two attached hydrogens (primary N) is 1. The first-order valence-electron chi connectivity index (χ1n) is 5.16. The van der Waals surface area contributed by atoms with E-state index in [1.54, 1.807) is 6.20 Å². The lowest BCUT2D eigenvalue weighted by Crippen LogP contribution is -2.34. The van der Waals surface area contributed by atoms with E-state index in [2.05, 4.69) is 29.2 Å². The Morgan fingerprint density at radius 2 is 2.38 bits per heavy atom. The monoisotopic (exact) mass is 223 g/mol. The van der Waals surface area contributed by atoms with E-state index in [0.29, 0.717) is 13.0 Å². The van der Waals surface area contributed by atoms with Crippen molar-refractivity contribution >= 4 is 11.7 Å². The normalized spacial score (nSPS) is 11.8. The van der Waals surface area contributed by atoms with Crippen molar-refractivity contribution in [2.24, 2.45) is 10.9 Å². The van der Waals surface area contributed by atoms with Gasteiger partial charge in [-0.1, -0.05) is 5.16 Å². The van der Waals surface area contributed by atoms with E-state index in [1.807, 2.05) is 17.0 Å². The molecular formula is C10H17N5O. The van der Waals surface area contributed by atoms with Crippen molar-refractivity contribution in [1.82, 2.24) is 10.2 Å². The van der Waals surface area contributed by atoms with Crippen LogP contribution < -0.4 is 10.6 Å². The molecule has 6 heteroatoms. The maximum Gasteiger partial charge on any atom is 0.151 e. The molecule has 1 heterocycles. The molecule has 0 radical (unpaired) electrons. The summed E-state index contributed by atoms with van der Waals surface area (Å²) in [7, 11) is 0. The molecular weight excluding hydrogens is 206 g/mol. The lowest BCUT2D eigenvalue weighted by atomic mass is 10.2. The quantitative estimate of drug-likeness (QED) is 0.334. The summed E-state index contributed by atoms with van der Waals surface area (Å²) < 4.78 is 0. The van der Waals surface area contributed by atoms with E-state index in [-0.39, 0.29) is 11.9 Å². The lowest BCUT2D eigenvalue weighted by molar-refractivity contribution is 0.317. The minimum atomic E-state index is 0.217. The van der Waals surface area contributed by atoms with Gasteiger partial charge in [-0.3, -0.25) is 0 Å². The third-order valence-electron chi connectivity index (χ3n) is 2.21. The third-order valence-corrected chi connectivity index (χ3v) is 2.21. The van der Waals surface area contributed by atoms with Gasteiger partial charge in [0.25, 0.3) is 0 Å². The summed E-state index contributed by atoms with van der Waals surface area (Å²) in [4.78, 5) is 2.05. The van der Waals surface area contributed by atoms with Crippen LogP contribution in [-0.4, -0.2) is 33.8 Å². The first kappa shape index (κ1) is 12.2. The number of amidine groups is 1. The lowest BCUT2D eigenvalue weighted by Gasteiger charge is -2.26. The molecule has 0 aliphatic carbocycles. The van der Waals surface area contributed by atoms with Gasteiger partial charge in [-0.25, -0.2) is 0 Å². The molecule has 1 rings (SSSR count). The summed E-state index contributed by atoms with van der Waals surface area (Å²) in [5, 5.41) is 19.3. The zero-order valence-corrected chi connectivity index (χ0v) is 9.54. The summed E-state index contributed by atoms with van der Waals surface area (Å²) in [5.74, 6) is 1.01. The van der Waals surface area contributed by atoms with Crippen molar-refractivity contribution in [2.45, 2.75) is 26.3 Å². The van der Waals surface area contributed by atoms with Gasteiger partial charge in [0.1, 0.15) is 5.84 Å². The summed E-state index contributed by atoms with van der Waals surface area (Å²) in [6, 6.07) is 4.00. The second-order valence-corrected chi connectivity index (χ2v) is 3.71. The van der Waals surface area contributed by atoms with Gasteiger partial charge in [-0.15, -0.1) is 5.10 Å². The van der Waals surface area contributed by atoms with E-state index in [0.717, 1.165) is 5.82 Å². The first-order valence-corrected chi connectivity index (χ1v) is 5.16. The number of nitrogens with zero attached hydrogens (tertiary/aromatic N) is 4. The van der Waals surface area contributed by atoms with Crippen molar-refractivity contribution in [3.05, 3.63) is 18.3 Å². The summed E-state index contributed by atoms with van der Waals surface area (Å²) in [6.07, 6.45) is 2.12. The molecule has 3 N–H and O–H groups in total. The maximum atomic E-state index is 8.47. The van der Waals surface area contributed by atoms with E-state index in [9.17, 15) is 0 Å². The Balaban J connectivity index is 2.69. The maximum absolute atomic E-state index is 8.47. The molecule has 0 unspecified atom stereocenters. The van der Waals surface area contributed by atoms with Crippen molar-refractivity contribution in [3.8, 4) is 0 Å². The van der Waals surface area contributed by atoms with Crippen molar-refractivity contribution in [3.63, 3.8) is 0 Å². The van der Waals surface area contributed by atoms with Crippen LogP contribution in [0.1, 0.15) is 20.3 Å². The van der Waals surface area contributed by atoms with Crippen LogP contribution in [-0.2, 0) is 0 Å². The van der Waals surface area contributed by atoms with Gasteiger partial charge in [0.2, 0.25) is 0 Å². The molecule has 0 spiro atoms. The van der Waals surface area contributed by atoms with E-state index < -0.39 is 0 Å². The van der Waals surface area contributed by atoms with Crippen LogP contribution in [0, 0.1) is 0 Å². The van der Waals surface area contributed by atoms with E-state index in [1.165, 1.54) is 0 Å². The Kier molecular flexibility index (Phi) is 4.50. The van der Waals surface area contributed by atoms with Crippen molar-refractivity contribution < 1.29 is 5.21 Å². The minimum absolute atomic E-state index is 0.217. The smallest absolute Gasteiger partial charge is 0.151 e. The second kappa shape index (κ2) is 5.89. The fraction of sp³-hybridized carbons (Fsp3) is 0.500. The highest BCUT2D eigenvalue weighted by Crippen LogP contribution is 2.12. The van der Waals surface area contributed by atoms with Gasteiger partial charge >= 0.3 is 0 Å². The highest BCUT2D eigenvalue weighted by atomic mass is 16.4. The second-order valence-electron chi connectivity index (χ2n) is 3.71. The molecule has 0 saturated carbocycles. The van der Waals surface area contributed by atoms with Gasteiger partial charge in [0.05, 0.1) is 0 Å². The molecule has 0 atom stereocenters. The van der Waals surface area contributed by atoms with Crippen LogP contribution in [0.25, 0.3) is 0 Å². The Labute approximate surface area is 94.8 Å². The third kappa shape index (κ3) is 3.38. The van der Waals surface area contributed by atoms with Gasteiger partial charge < -0.3 is 15.8 Å². The standard InChI is InChI=1S/C10H17N5O/c1-8(2)15(7-5-9(11)14-16)10-4-3-6-12-13-10/h3-4,6,8,16H,5,7H2,1-2H3,(H2,11,14). The highest BCUT2D eigenvalue weighted by molar-refractivity contribution is 5.80. The van der Waals surface area contributed by atoms with Crippen molar-refractivity contribution in [1.29, 1.82) is 0 Å². The molecule has 0 amide bonds. The number of hydrogen-bond donors (Lipinski definition) is 2. The Bertz CT molecular complexity index is 338. The summed E-state index contributed by atoms with van der Waals surface area (Å²) >= 11 is 0. The van der Waals surface area contributed by atoms with E-state index >= 15 is 0 Å². The summed E-state index contributed by atoms with van der Waals surface area (Å²) in [6.45, 7) is 4.76. The Morgan fingerprint density at radius 1 is 1.62 bits per heavy atom. The van der Waals surface area contributed by atoms with Gasteiger partial charge in [0.15, 0.2) is 5.82 Å². The highest BCUT2D eigenvalue weighted by Gasteiger charge is 2.12. The Hall–Kier alpha value is -1.85. The van der Waals surface area contributed by atoms with Crippen LogP contribution in [0.3, 0.4) is 0 Å². The van der Waals surface area contributed by atoms with Gasteiger partial charge in [-0.05, 0) is 26.0 Å². The predicted octanol–water partition coefficient (Wildman–Crippen LogP) is 0.828. The molecule has 1 aromatic heterocycles. The molecule has 16 heavy (non-hydrogen) atoms. The molecule has 88 valence electrons. The van der Waals surface area contributed by atoms with Crippen LogP contribution in [0.15, 0.2) is 23.5 Å². The van der Waals surface area contributed by atoms with Crippen molar-refractivity contribution in [2.75, 3.05) is 11.4 Å². The zero-order chi connectivity index (χ0) is 12.0. The molecule has 0 aliphatic heterocycles. The van der Waals surface area contributed by atoms with Crippen LogP contribution in [0.4, 0.5) is 5.82 Å². The molecule has 0 fully saturated rings. The van der Waals surface area contributed by atoms with Crippen LogP contribution >= 0.6 is 0 Å². The SMILES string of the molecule is CC(C)N(CCC(N)=NO)c1cccnn1. The predicted molar refractivity (Wildman–Crippen MR) is 62.5 cm³/mol. The van der Waals surface area contributed by atoms with E-state index in [4.69, 9.17) is 10.9 Å². The molecule has 0 bridgehead atoms. The number of hydrogen-bond acceptors (Lipinski definition) is 5. The fourth-order valence-corrected chi connectivity index (χ4v) is 1.37. The summed E-state index contributed by atoms with van der Waals surface area (Å²) in [5.41, 5.74) is 5.44. The zero-order valence-electron chi connectivity index (χ0n) is 9.54. The fourth-order valence-electron chi connectivity index (χ4n) is 1.37. The topological polar surface area (TPSA) is 87.6 Å². The first-order chi connectivity index (χ1) is 7.65. The molecule has 0 saturated heterocycles. The number of aromatic nitrogens is 2. The Morgan fingerprint density at radius 3 is 2.88 bits per heavy atom. The van der Waals surface area contributed by atoms with Crippen LogP contribution in [0.5, 0.6) is 0 Å². The number of anilines is 1. The molecule has 6 nitrogen and oxygen atoms in total.